The van der Waals surface area contributed by atoms with Crippen molar-refractivity contribution in [3.05, 3.63) is 44.4 Å². The first-order valence-corrected chi connectivity index (χ1v) is 6.27. The number of hydrogen-bond acceptors (Lipinski definition) is 4. The molecule has 1 heterocycles. The van der Waals surface area contributed by atoms with Crippen molar-refractivity contribution in [2.24, 2.45) is 5.73 Å². The van der Waals surface area contributed by atoms with Gasteiger partial charge in [0, 0.05) is 5.56 Å². The zero-order chi connectivity index (χ0) is 12.6. The number of nitrogens with zero attached hydrogens (tertiary/aromatic N) is 2. The van der Waals surface area contributed by atoms with Crippen molar-refractivity contribution in [3.8, 4) is 0 Å². The maximum Gasteiger partial charge on any atom is 0.145 e. The molecule has 0 saturated carbocycles. The molecule has 0 aliphatic heterocycles. The molecule has 90 valence electrons. The molecule has 7 heteroatoms. The van der Waals surface area contributed by atoms with E-state index in [1.165, 1.54) is 12.1 Å². The Kier molecular flexibility index (Phi) is 3.50. The van der Waals surface area contributed by atoms with E-state index in [-0.39, 0.29) is 10.0 Å². The molecule has 0 saturated heterocycles. The van der Waals surface area contributed by atoms with Crippen molar-refractivity contribution in [1.82, 2.24) is 9.59 Å². The molecule has 0 spiro atoms. The maximum absolute atomic E-state index is 13.8. The van der Waals surface area contributed by atoms with Gasteiger partial charge in [-0.2, -0.15) is 0 Å². The second-order valence-electron chi connectivity index (χ2n) is 3.46. The Morgan fingerprint density at radius 3 is 2.71 bits per heavy atom. The normalized spacial score (nSPS) is 12.8. The summed E-state index contributed by atoms with van der Waals surface area (Å²) < 4.78 is 31.3. The van der Waals surface area contributed by atoms with Crippen LogP contribution in [0.25, 0.3) is 0 Å². The number of rotatable bonds is 2. The van der Waals surface area contributed by atoms with Crippen LogP contribution in [0, 0.1) is 18.6 Å². The van der Waals surface area contributed by atoms with Crippen molar-refractivity contribution in [3.63, 3.8) is 0 Å². The molecule has 1 aromatic heterocycles. The van der Waals surface area contributed by atoms with Gasteiger partial charge in [-0.05, 0) is 46.5 Å². The number of aryl methyl sites for hydroxylation is 1. The van der Waals surface area contributed by atoms with Crippen LogP contribution >= 0.6 is 27.5 Å². The standard InChI is InChI=1S/C10H8BrF2N3S/c1-4-10(17-16-15-4)9(14)7-6(12)3-2-5(11)8(7)13/h2-3,9H,14H2,1H3. The van der Waals surface area contributed by atoms with Gasteiger partial charge in [0.25, 0.3) is 0 Å². The lowest BCUT2D eigenvalue weighted by Crippen LogP contribution is -2.15. The van der Waals surface area contributed by atoms with Crippen LogP contribution in [0.2, 0.25) is 0 Å². The summed E-state index contributed by atoms with van der Waals surface area (Å²) in [7, 11) is 0. The maximum atomic E-state index is 13.8. The molecule has 3 nitrogen and oxygen atoms in total. The third-order valence-corrected chi connectivity index (χ3v) is 3.88. The third kappa shape index (κ3) is 2.22. The van der Waals surface area contributed by atoms with Crippen LogP contribution < -0.4 is 5.73 Å². The average molecular weight is 320 g/mol. The summed E-state index contributed by atoms with van der Waals surface area (Å²) in [6.07, 6.45) is 0. The number of benzene rings is 1. The zero-order valence-electron chi connectivity index (χ0n) is 8.75. The lowest BCUT2D eigenvalue weighted by molar-refractivity contribution is 0.540. The molecule has 0 bridgehead atoms. The predicted molar refractivity (Wildman–Crippen MR) is 64.7 cm³/mol. The van der Waals surface area contributed by atoms with Crippen LogP contribution in [0.4, 0.5) is 8.78 Å². The molecule has 1 aromatic carbocycles. The summed E-state index contributed by atoms with van der Waals surface area (Å²) in [6.45, 7) is 1.70. The van der Waals surface area contributed by atoms with Crippen molar-refractivity contribution in [1.29, 1.82) is 0 Å². The fraction of sp³-hybridized carbons (Fsp3) is 0.200. The van der Waals surface area contributed by atoms with E-state index in [4.69, 9.17) is 5.73 Å². The van der Waals surface area contributed by atoms with E-state index in [0.717, 1.165) is 11.5 Å². The summed E-state index contributed by atoms with van der Waals surface area (Å²) in [6, 6.07) is 1.58. The zero-order valence-corrected chi connectivity index (χ0v) is 11.1. The van der Waals surface area contributed by atoms with Gasteiger partial charge in [0.05, 0.1) is 21.1 Å². The minimum Gasteiger partial charge on any atom is -0.319 e. The second kappa shape index (κ2) is 4.75. The van der Waals surface area contributed by atoms with Crippen LogP contribution in [-0.4, -0.2) is 9.59 Å². The second-order valence-corrected chi connectivity index (χ2v) is 5.10. The Labute approximate surface area is 109 Å². The highest BCUT2D eigenvalue weighted by Gasteiger charge is 2.23. The van der Waals surface area contributed by atoms with E-state index < -0.39 is 17.7 Å². The van der Waals surface area contributed by atoms with Gasteiger partial charge in [0.15, 0.2) is 0 Å². The van der Waals surface area contributed by atoms with E-state index in [0.29, 0.717) is 10.6 Å². The Bertz CT molecular complexity index is 558. The number of halogens is 3. The topological polar surface area (TPSA) is 51.8 Å². The molecule has 1 unspecified atom stereocenters. The van der Waals surface area contributed by atoms with Gasteiger partial charge in [-0.25, -0.2) is 8.78 Å². The van der Waals surface area contributed by atoms with Crippen LogP contribution in [0.5, 0.6) is 0 Å². The smallest absolute Gasteiger partial charge is 0.145 e. The Morgan fingerprint density at radius 2 is 2.12 bits per heavy atom. The van der Waals surface area contributed by atoms with Gasteiger partial charge in [-0.15, -0.1) is 5.10 Å². The fourth-order valence-electron chi connectivity index (χ4n) is 1.48. The summed E-state index contributed by atoms with van der Waals surface area (Å²) >= 11 is 4.05. The number of hydrogen-bond donors (Lipinski definition) is 1. The highest BCUT2D eigenvalue weighted by atomic mass is 79.9. The van der Waals surface area contributed by atoms with Crippen LogP contribution in [0.3, 0.4) is 0 Å². The van der Waals surface area contributed by atoms with E-state index in [1.807, 2.05) is 0 Å². The molecule has 0 aliphatic carbocycles. The van der Waals surface area contributed by atoms with E-state index in [2.05, 4.69) is 25.5 Å². The van der Waals surface area contributed by atoms with Crippen LogP contribution in [0.1, 0.15) is 22.2 Å². The summed E-state index contributed by atoms with van der Waals surface area (Å²) in [4.78, 5) is 0.556. The molecule has 0 fully saturated rings. The highest BCUT2D eigenvalue weighted by molar-refractivity contribution is 9.10. The van der Waals surface area contributed by atoms with Crippen LogP contribution in [0.15, 0.2) is 16.6 Å². The van der Waals surface area contributed by atoms with Gasteiger partial charge in [-0.3, -0.25) is 0 Å². The van der Waals surface area contributed by atoms with Crippen LogP contribution in [-0.2, 0) is 0 Å². The molecule has 2 rings (SSSR count). The molecular weight excluding hydrogens is 312 g/mol. The molecule has 0 aliphatic rings. The first-order chi connectivity index (χ1) is 8.02. The minimum atomic E-state index is -0.896. The average Bonchev–Trinajstić information content (AvgIpc) is 2.70. The third-order valence-electron chi connectivity index (χ3n) is 2.36. The van der Waals surface area contributed by atoms with E-state index in [9.17, 15) is 8.78 Å². The van der Waals surface area contributed by atoms with E-state index >= 15 is 0 Å². The Hall–Kier alpha value is -0.920. The largest absolute Gasteiger partial charge is 0.319 e. The summed E-state index contributed by atoms with van der Waals surface area (Å²) in [5, 5.41) is 3.78. The first kappa shape index (κ1) is 12.5. The molecule has 2 N–H and O–H groups in total. The van der Waals surface area contributed by atoms with E-state index in [1.54, 1.807) is 6.92 Å². The first-order valence-electron chi connectivity index (χ1n) is 4.70. The van der Waals surface area contributed by atoms with Gasteiger partial charge in [0.2, 0.25) is 0 Å². The Morgan fingerprint density at radius 1 is 1.41 bits per heavy atom. The Balaban J connectivity index is 2.55. The number of aromatic nitrogens is 2. The molecule has 0 radical (unpaired) electrons. The van der Waals surface area contributed by atoms with Gasteiger partial charge in [-0.1, -0.05) is 4.49 Å². The quantitative estimate of drug-likeness (QED) is 0.866. The van der Waals surface area contributed by atoms with Crippen molar-refractivity contribution < 1.29 is 8.78 Å². The molecule has 17 heavy (non-hydrogen) atoms. The predicted octanol–water partition coefficient (Wildman–Crippen LogP) is 2.94. The lowest BCUT2D eigenvalue weighted by atomic mass is 10.0. The SMILES string of the molecule is Cc1nnsc1C(N)c1c(F)ccc(Br)c1F. The van der Waals surface area contributed by atoms with Gasteiger partial charge < -0.3 is 5.73 Å². The van der Waals surface area contributed by atoms with Gasteiger partial charge >= 0.3 is 0 Å². The summed E-state index contributed by atoms with van der Waals surface area (Å²) in [5.74, 6) is -1.36. The fourth-order valence-corrected chi connectivity index (χ4v) is 2.48. The monoisotopic (exact) mass is 319 g/mol. The van der Waals surface area contributed by atoms with Crippen molar-refractivity contribution in [2.75, 3.05) is 0 Å². The highest BCUT2D eigenvalue weighted by Crippen LogP contribution is 2.31. The van der Waals surface area contributed by atoms with Gasteiger partial charge in [0.1, 0.15) is 11.6 Å². The lowest BCUT2D eigenvalue weighted by Gasteiger charge is -2.13. The molecule has 0 amide bonds. The molecular formula is C10H8BrF2N3S. The van der Waals surface area contributed by atoms with Crippen molar-refractivity contribution >= 4 is 27.5 Å². The summed E-state index contributed by atoms with van der Waals surface area (Å²) in [5.41, 5.74) is 6.27. The molecule has 1 atom stereocenters. The molecule has 2 aromatic rings. The van der Waals surface area contributed by atoms with Crippen molar-refractivity contribution in [2.45, 2.75) is 13.0 Å². The minimum absolute atomic E-state index is 0.173. The number of nitrogens with two attached hydrogens (primary N) is 1.